The van der Waals surface area contributed by atoms with Gasteiger partial charge in [-0.2, -0.15) is 0 Å². The first kappa shape index (κ1) is 7.05. The van der Waals surface area contributed by atoms with Gasteiger partial charge in [0.1, 0.15) is 0 Å². The molecule has 0 atom stereocenters. The predicted octanol–water partition coefficient (Wildman–Crippen LogP) is -0.195. The highest BCUT2D eigenvalue weighted by Crippen LogP contribution is 1.94. The molecule has 0 unspecified atom stereocenters. The molecule has 0 spiro atoms. The molecule has 0 saturated carbocycles. The lowest BCUT2D eigenvalue weighted by Gasteiger charge is -2.10. The minimum Gasteiger partial charge on any atom is -0.481 e. The number of hydrogen-bond donors (Lipinski definition) is 1. The molecule has 4 nitrogen and oxygen atoms in total. The minimum atomic E-state index is -0.750. The molecule has 1 heterocycles. The molecule has 0 aromatic carbocycles. The number of carboxylic acids is 1. The van der Waals surface area contributed by atoms with Crippen LogP contribution < -0.4 is 0 Å². The Kier molecular flexibility index (Phi) is 2.25. The summed E-state index contributed by atoms with van der Waals surface area (Å²) in [4.78, 5) is 15.9. The molecule has 0 amide bonds. The summed E-state index contributed by atoms with van der Waals surface area (Å²) in [6.45, 7) is 2.26. The van der Waals surface area contributed by atoms with E-state index in [1.54, 1.807) is 6.34 Å². The van der Waals surface area contributed by atoms with Crippen molar-refractivity contribution in [1.29, 1.82) is 0 Å². The van der Waals surface area contributed by atoms with Crippen molar-refractivity contribution in [1.82, 2.24) is 4.90 Å². The minimum absolute atomic E-state index is 0.200. The van der Waals surface area contributed by atoms with Gasteiger partial charge in [-0.15, -0.1) is 0 Å². The van der Waals surface area contributed by atoms with Crippen LogP contribution in [-0.4, -0.2) is 41.9 Å². The molecule has 0 bridgehead atoms. The zero-order valence-corrected chi connectivity index (χ0v) is 5.66. The normalized spacial score (nSPS) is 16.2. The fraction of sp³-hybridized carbons (Fsp3) is 0.667. The summed E-state index contributed by atoms with van der Waals surface area (Å²) in [5.41, 5.74) is 0. The second-order valence-corrected chi connectivity index (χ2v) is 2.20. The molecule has 0 aliphatic carbocycles. The zero-order valence-electron chi connectivity index (χ0n) is 5.66. The van der Waals surface area contributed by atoms with Crippen LogP contribution in [0.2, 0.25) is 0 Å². The Balaban J connectivity index is 2.13. The van der Waals surface area contributed by atoms with Crippen molar-refractivity contribution in [3.63, 3.8) is 0 Å². The molecular formula is C6H10N2O2. The molecule has 0 saturated heterocycles. The van der Waals surface area contributed by atoms with Crippen molar-refractivity contribution in [2.24, 2.45) is 4.99 Å². The van der Waals surface area contributed by atoms with E-state index < -0.39 is 5.97 Å². The van der Waals surface area contributed by atoms with Crippen molar-refractivity contribution in [2.45, 2.75) is 6.42 Å². The molecule has 0 aromatic rings. The standard InChI is InChI=1S/C6H10N2O2/c9-6(10)1-3-8-4-2-7-5-8/h5H,1-4H2,(H,9,10). The maximum Gasteiger partial charge on any atom is 0.305 e. The van der Waals surface area contributed by atoms with Gasteiger partial charge in [0.2, 0.25) is 0 Å². The van der Waals surface area contributed by atoms with E-state index in [0.29, 0.717) is 6.54 Å². The first-order chi connectivity index (χ1) is 4.79. The summed E-state index contributed by atoms with van der Waals surface area (Å²) in [7, 11) is 0. The van der Waals surface area contributed by atoms with E-state index in [4.69, 9.17) is 5.11 Å². The Morgan fingerprint density at radius 2 is 2.60 bits per heavy atom. The van der Waals surface area contributed by atoms with Gasteiger partial charge in [-0.3, -0.25) is 9.79 Å². The molecule has 10 heavy (non-hydrogen) atoms. The molecule has 1 aliphatic rings. The van der Waals surface area contributed by atoms with Gasteiger partial charge in [0.25, 0.3) is 0 Å². The molecule has 0 fully saturated rings. The van der Waals surface area contributed by atoms with E-state index in [0.717, 1.165) is 13.1 Å². The first-order valence-electron chi connectivity index (χ1n) is 3.25. The molecular weight excluding hydrogens is 132 g/mol. The second-order valence-electron chi connectivity index (χ2n) is 2.20. The second kappa shape index (κ2) is 3.20. The maximum atomic E-state index is 10.1. The lowest BCUT2D eigenvalue weighted by molar-refractivity contribution is -0.137. The highest BCUT2D eigenvalue weighted by atomic mass is 16.4. The fourth-order valence-corrected chi connectivity index (χ4v) is 0.826. The third-order valence-electron chi connectivity index (χ3n) is 1.37. The average Bonchev–Trinajstić information content (AvgIpc) is 2.34. The van der Waals surface area contributed by atoms with Gasteiger partial charge in [-0.25, -0.2) is 0 Å². The third kappa shape index (κ3) is 2.05. The smallest absolute Gasteiger partial charge is 0.305 e. The Hall–Kier alpha value is -1.06. The summed E-state index contributed by atoms with van der Waals surface area (Å²) < 4.78 is 0. The summed E-state index contributed by atoms with van der Waals surface area (Å²) in [5.74, 6) is -0.750. The summed E-state index contributed by atoms with van der Waals surface area (Å²) >= 11 is 0. The Morgan fingerprint density at radius 1 is 1.80 bits per heavy atom. The molecule has 4 heteroatoms. The largest absolute Gasteiger partial charge is 0.481 e. The zero-order chi connectivity index (χ0) is 7.40. The van der Waals surface area contributed by atoms with Gasteiger partial charge in [-0.1, -0.05) is 0 Å². The summed E-state index contributed by atoms with van der Waals surface area (Å²) in [5, 5.41) is 8.30. The highest BCUT2D eigenvalue weighted by molar-refractivity contribution is 5.67. The van der Waals surface area contributed by atoms with Crippen LogP contribution >= 0.6 is 0 Å². The van der Waals surface area contributed by atoms with Crippen LogP contribution in [0.25, 0.3) is 0 Å². The van der Waals surface area contributed by atoms with Gasteiger partial charge in [0, 0.05) is 13.1 Å². The molecule has 56 valence electrons. The van der Waals surface area contributed by atoms with Crippen LogP contribution in [0.4, 0.5) is 0 Å². The van der Waals surface area contributed by atoms with Crippen molar-refractivity contribution < 1.29 is 9.90 Å². The van der Waals surface area contributed by atoms with Crippen LogP contribution in [-0.2, 0) is 4.79 Å². The SMILES string of the molecule is O=C(O)CCN1C=NCC1. The quantitative estimate of drug-likeness (QED) is 0.594. The molecule has 1 N–H and O–H groups in total. The van der Waals surface area contributed by atoms with Crippen molar-refractivity contribution in [3.05, 3.63) is 0 Å². The lowest BCUT2D eigenvalue weighted by Crippen LogP contribution is -2.22. The van der Waals surface area contributed by atoms with Crippen LogP contribution in [0.5, 0.6) is 0 Å². The van der Waals surface area contributed by atoms with E-state index in [-0.39, 0.29) is 6.42 Å². The molecule has 1 aliphatic heterocycles. The van der Waals surface area contributed by atoms with E-state index in [1.165, 1.54) is 0 Å². The van der Waals surface area contributed by atoms with E-state index in [9.17, 15) is 4.79 Å². The topological polar surface area (TPSA) is 52.9 Å². The van der Waals surface area contributed by atoms with E-state index >= 15 is 0 Å². The Labute approximate surface area is 59.2 Å². The van der Waals surface area contributed by atoms with Crippen molar-refractivity contribution >= 4 is 12.3 Å². The van der Waals surface area contributed by atoms with Crippen LogP contribution in [0.1, 0.15) is 6.42 Å². The molecule has 1 rings (SSSR count). The molecule has 0 radical (unpaired) electrons. The van der Waals surface area contributed by atoms with Crippen LogP contribution in [0.15, 0.2) is 4.99 Å². The van der Waals surface area contributed by atoms with Gasteiger partial charge >= 0.3 is 5.97 Å². The summed E-state index contributed by atoms with van der Waals surface area (Å²) in [6.07, 6.45) is 1.91. The average molecular weight is 142 g/mol. The van der Waals surface area contributed by atoms with Crippen LogP contribution in [0, 0.1) is 0 Å². The van der Waals surface area contributed by atoms with E-state index in [2.05, 4.69) is 4.99 Å². The molecule has 0 aromatic heterocycles. The monoisotopic (exact) mass is 142 g/mol. The van der Waals surface area contributed by atoms with Gasteiger partial charge in [-0.05, 0) is 0 Å². The number of nitrogens with zero attached hydrogens (tertiary/aromatic N) is 2. The fourth-order valence-electron chi connectivity index (χ4n) is 0.826. The number of hydrogen-bond acceptors (Lipinski definition) is 3. The Morgan fingerprint density at radius 3 is 3.10 bits per heavy atom. The number of aliphatic carboxylic acids is 1. The number of aliphatic imine (C=N–C) groups is 1. The predicted molar refractivity (Wildman–Crippen MR) is 37.2 cm³/mol. The Bertz CT molecular complexity index is 156. The highest BCUT2D eigenvalue weighted by Gasteiger charge is 2.06. The third-order valence-corrected chi connectivity index (χ3v) is 1.37. The van der Waals surface area contributed by atoms with Crippen molar-refractivity contribution in [3.8, 4) is 0 Å². The van der Waals surface area contributed by atoms with Crippen LogP contribution in [0.3, 0.4) is 0 Å². The van der Waals surface area contributed by atoms with Gasteiger partial charge in [0.15, 0.2) is 0 Å². The van der Waals surface area contributed by atoms with E-state index in [1.807, 2.05) is 4.90 Å². The number of carboxylic acid groups (broad SMARTS) is 1. The lowest BCUT2D eigenvalue weighted by atomic mass is 10.4. The summed E-state index contributed by atoms with van der Waals surface area (Å²) in [6, 6.07) is 0. The van der Waals surface area contributed by atoms with Gasteiger partial charge in [0.05, 0.1) is 19.3 Å². The number of rotatable bonds is 3. The van der Waals surface area contributed by atoms with Crippen molar-refractivity contribution in [2.75, 3.05) is 19.6 Å². The maximum absolute atomic E-state index is 10.1. The van der Waals surface area contributed by atoms with Gasteiger partial charge < -0.3 is 10.0 Å². The number of carbonyl (C=O) groups is 1. The first-order valence-corrected chi connectivity index (χ1v) is 3.25.